The number of aromatic hydroxyl groups is 1. The summed E-state index contributed by atoms with van der Waals surface area (Å²) in [5.74, 6) is 0.644. The second-order valence-corrected chi connectivity index (χ2v) is 4.47. The Balaban J connectivity index is 3.30. The fourth-order valence-electron chi connectivity index (χ4n) is 1.90. The Morgan fingerprint density at radius 2 is 1.80 bits per heavy atom. The minimum atomic E-state index is -0.0105. The number of phenolic OH excluding ortho intramolecular Hbond substituents is 1. The molecule has 1 atom stereocenters. The van der Waals surface area contributed by atoms with Crippen molar-refractivity contribution in [2.75, 3.05) is 6.61 Å². The highest BCUT2D eigenvalue weighted by atomic mass is 16.3. The molecule has 0 bridgehead atoms. The lowest BCUT2D eigenvalue weighted by Gasteiger charge is -2.18. The van der Waals surface area contributed by atoms with Crippen molar-refractivity contribution in [2.24, 2.45) is 0 Å². The monoisotopic (exact) mass is 208 g/mol. The first-order valence-corrected chi connectivity index (χ1v) is 5.42. The Morgan fingerprint density at radius 3 is 2.27 bits per heavy atom. The lowest BCUT2D eigenvalue weighted by Crippen LogP contribution is -2.04. The van der Waals surface area contributed by atoms with Crippen LogP contribution in [0.4, 0.5) is 0 Å². The summed E-state index contributed by atoms with van der Waals surface area (Å²) < 4.78 is 0. The number of aryl methyl sites for hydroxylation is 1. The zero-order valence-corrected chi connectivity index (χ0v) is 9.91. The topological polar surface area (TPSA) is 40.5 Å². The fourth-order valence-corrected chi connectivity index (χ4v) is 1.90. The van der Waals surface area contributed by atoms with Crippen LogP contribution < -0.4 is 0 Å². The van der Waals surface area contributed by atoms with Crippen LogP contribution in [0.15, 0.2) is 12.1 Å². The molecular formula is C13H20O2. The van der Waals surface area contributed by atoms with Crippen LogP contribution in [0.5, 0.6) is 5.75 Å². The molecule has 84 valence electrons. The molecule has 1 aromatic carbocycles. The van der Waals surface area contributed by atoms with E-state index in [0.717, 1.165) is 16.7 Å². The normalized spacial score (nSPS) is 13.2. The standard InChI is InChI=1S/C13H20O2/c1-8(2)11-6-5-9(3)12(13(11)15)10(4)7-14/h5-6,8,10,14-15H,7H2,1-4H3. The average Bonchev–Trinajstić information content (AvgIpc) is 2.16. The van der Waals surface area contributed by atoms with Gasteiger partial charge in [0, 0.05) is 18.1 Å². The van der Waals surface area contributed by atoms with Crippen LogP contribution in [0.1, 0.15) is 49.3 Å². The largest absolute Gasteiger partial charge is 0.507 e. The zero-order valence-electron chi connectivity index (χ0n) is 9.91. The second-order valence-electron chi connectivity index (χ2n) is 4.47. The van der Waals surface area contributed by atoms with Gasteiger partial charge in [0.1, 0.15) is 5.75 Å². The minimum absolute atomic E-state index is 0.0105. The molecule has 0 heterocycles. The van der Waals surface area contributed by atoms with Gasteiger partial charge in [-0.05, 0) is 24.0 Å². The third-order valence-corrected chi connectivity index (χ3v) is 2.85. The molecule has 0 fully saturated rings. The third-order valence-electron chi connectivity index (χ3n) is 2.85. The number of hydrogen-bond donors (Lipinski definition) is 2. The lowest BCUT2D eigenvalue weighted by atomic mass is 9.90. The van der Waals surface area contributed by atoms with Crippen LogP contribution in [-0.2, 0) is 0 Å². The maximum absolute atomic E-state index is 10.1. The van der Waals surface area contributed by atoms with Crippen molar-refractivity contribution in [3.8, 4) is 5.75 Å². The predicted molar refractivity (Wildman–Crippen MR) is 62.4 cm³/mol. The zero-order chi connectivity index (χ0) is 11.6. The molecule has 2 N–H and O–H groups in total. The summed E-state index contributed by atoms with van der Waals surface area (Å²) in [6, 6.07) is 3.97. The van der Waals surface area contributed by atoms with E-state index in [1.54, 1.807) is 0 Å². The van der Waals surface area contributed by atoms with E-state index >= 15 is 0 Å². The van der Waals surface area contributed by atoms with Crippen molar-refractivity contribution < 1.29 is 10.2 Å². The van der Waals surface area contributed by atoms with Crippen molar-refractivity contribution in [2.45, 2.75) is 39.5 Å². The van der Waals surface area contributed by atoms with Gasteiger partial charge in [-0.2, -0.15) is 0 Å². The number of hydrogen-bond acceptors (Lipinski definition) is 2. The number of rotatable bonds is 3. The van der Waals surface area contributed by atoms with Gasteiger partial charge in [0.25, 0.3) is 0 Å². The summed E-state index contributed by atoms with van der Waals surface area (Å²) in [7, 11) is 0. The number of phenols is 1. The van der Waals surface area contributed by atoms with Gasteiger partial charge < -0.3 is 10.2 Å². The average molecular weight is 208 g/mol. The molecule has 0 saturated heterocycles. The number of aliphatic hydroxyl groups is 1. The van der Waals surface area contributed by atoms with Crippen molar-refractivity contribution in [1.82, 2.24) is 0 Å². The predicted octanol–water partition coefficient (Wildman–Crippen LogP) is 2.92. The Morgan fingerprint density at radius 1 is 1.20 bits per heavy atom. The smallest absolute Gasteiger partial charge is 0.122 e. The van der Waals surface area contributed by atoms with E-state index in [9.17, 15) is 5.11 Å². The first-order valence-electron chi connectivity index (χ1n) is 5.42. The molecule has 2 nitrogen and oxygen atoms in total. The van der Waals surface area contributed by atoms with Gasteiger partial charge in [-0.1, -0.05) is 32.9 Å². The van der Waals surface area contributed by atoms with Gasteiger partial charge in [0.05, 0.1) is 0 Å². The molecule has 0 aliphatic rings. The third kappa shape index (κ3) is 2.32. The molecule has 0 aliphatic carbocycles. The van der Waals surface area contributed by atoms with Crippen LogP contribution >= 0.6 is 0 Å². The van der Waals surface area contributed by atoms with E-state index < -0.39 is 0 Å². The van der Waals surface area contributed by atoms with E-state index in [0.29, 0.717) is 11.7 Å². The summed E-state index contributed by atoms with van der Waals surface area (Å²) in [5, 5.41) is 19.3. The maximum atomic E-state index is 10.1. The molecule has 0 saturated carbocycles. The van der Waals surface area contributed by atoms with E-state index in [1.165, 1.54) is 0 Å². The van der Waals surface area contributed by atoms with Gasteiger partial charge in [0.15, 0.2) is 0 Å². The molecular weight excluding hydrogens is 188 g/mol. The molecule has 1 unspecified atom stereocenters. The lowest BCUT2D eigenvalue weighted by molar-refractivity contribution is 0.270. The quantitative estimate of drug-likeness (QED) is 0.801. The van der Waals surface area contributed by atoms with Crippen molar-refractivity contribution >= 4 is 0 Å². The Labute approximate surface area is 91.6 Å². The molecule has 1 aromatic rings. The first kappa shape index (κ1) is 12.1. The van der Waals surface area contributed by atoms with Crippen molar-refractivity contribution in [3.63, 3.8) is 0 Å². The molecule has 1 rings (SSSR count). The van der Waals surface area contributed by atoms with E-state index in [2.05, 4.69) is 13.8 Å². The maximum Gasteiger partial charge on any atom is 0.122 e. The molecule has 0 aromatic heterocycles. The van der Waals surface area contributed by atoms with Gasteiger partial charge >= 0.3 is 0 Å². The molecule has 0 aliphatic heterocycles. The van der Waals surface area contributed by atoms with Crippen molar-refractivity contribution in [1.29, 1.82) is 0 Å². The fraction of sp³-hybridized carbons (Fsp3) is 0.538. The van der Waals surface area contributed by atoms with Crippen LogP contribution in [0.25, 0.3) is 0 Å². The van der Waals surface area contributed by atoms with Crippen LogP contribution in [0.3, 0.4) is 0 Å². The summed E-state index contributed by atoms with van der Waals surface area (Å²) in [4.78, 5) is 0. The first-order chi connectivity index (χ1) is 6.99. The van der Waals surface area contributed by atoms with Crippen molar-refractivity contribution in [3.05, 3.63) is 28.8 Å². The van der Waals surface area contributed by atoms with E-state index in [4.69, 9.17) is 5.11 Å². The molecule has 15 heavy (non-hydrogen) atoms. The van der Waals surface area contributed by atoms with Crippen LogP contribution in [-0.4, -0.2) is 16.8 Å². The Hall–Kier alpha value is -1.02. The molecule has 0 amide bonds. The Kier molecular flexibility index (Phi) is 3.75. The second kappa shape index (κ2) is 4.67. The molecule has 0 spiro atoms. The van der Waals surface area contributed by atoms with Gasteiger partial charge in [0.2, 0.25) is 0 Å². The summed E-state index contributed by atoms with van der Waals surface area (Å²) in [6.07, 6.45) is 0. The summed E-state index contributed by atoms with van der Waals surface area (Å²) >= 11 is 0. The molecule has 0 radical (unpaired) electrons. The number of benzene rings is 1. The Bertz CT molecular complexity index is 343. The highest BCUT2D eigenvalue weighted by molar-refractivity contribution is 5.48. The van der Waals surface area contributed by atoms with Crippen LogP contribution in [0, 0.1) is 6.92 Å². The van der Waals surface area contributed by atoms with Crippen LogP contribution in [0.2, 0.25) is 0 Å². The van der Waals surface area contributed by atoms with E-state index in [1.807, 2.05) is 26.0 Å². The number of aliphatic hydroxyl groups excluding tert-OH is 1. The summed E-state index contributed by atoms with van der Waals surface area (Å²) in [5.41, 5.74) is 2.87. The van der Waals surface area contributed by atoms with Gasteiger partial charge in [-0.25, -0.2) is 0 Å². The van der Waals surface area contributed by atoms with Gasteiger partial charge in [-0.3, -0.25) is 0 Å². The van der Waals surface area contributed by atoms with E-state index in [-0.39, 0.29) is 12.5 Å². The summed E-state index contributed by atoms with van der Waals surface area (Å²) in [6.45, 7) is 8.06. The highest BCUT2D eigenvalue weighted by Crippen LogP contribution is 2.35. The minimum Gasteiger partial charge on any atom is -0.507 e. The van der Waals surface area contributed by atoms with Gasteiger partial charge in [-0.15, -0.1) is 0 Å². The molecule has 2 heteroatoms. The SMILES string of the molecule is Cc1ccc(C(C)C)c(O)c1C(C)CO. The highest BCUT2D eigenvalue weighted by Gasteiger charge is 2.16.